The molecular formula is C15H17N5. The van der Waals surface area contributed by atoms with Crippen LogP contribution in [0.25, 0.3) is 5.65 Å². The molecule has 3 aromatic rings. The number of hydrogen-bond acceptors (Lipinski definition) is 4. The van der Waals surface area contributed by atoms with Crippen molar-refractivity contribution in [3.63, 3.8) is 0 Å². The van der Waals surface area contributed by atoms with E-state index in [9.17, 15) is 0 Å². The first-order valence-corrected chi connectivity index (χ1v) is 6.59. The highest BCUT2D eigenvalue weighted by atomic mass is 15.3. The average molecular weight is 267 g/mol. The maximum Gasteiger partial charge on any atom is 0.243 e. The number of hydrogen-bond donors (Lipinski definition) is 2. The van der Waals surface area contributed by atoms with Gasteiger partial charge in [0.2, 0.25) is 5.95 Å². The van der Waals surface area contributed by atoms with Crippen LogP contribution in [-0.2, 0) is 13.1 Å². The Hall–Kier alpha value is -2.40. The number of nitrogens with zero attached hydrogens (tertiary/aromatic N) is 3. The molecule has 0 saturated heterocycles. The maximum atomic E-state index is 5.58. The molecule has 3 rings (SSSR count). The van der Waals surface area contributed by atoms with Gasteiger partial charge in [-0.3, -0.25) is 0 Å². The van der Waals surface area contributed by atoms with Crippen LogP contribution in [0.5, 0.6) is 0 Å². The van der Waals surface area contributed by atoms with Crippen molar-refractivity contribution in [1.29, 1.82) is 0 Å². The standard InChI is InChI=1S/C15H17N5/c1-11-2-7-14-18-15(19-20(14)10-11)17-9-13-5-3-12(8-16)4-6-13/h2-7,10H,8-9,16H2,1H3,(H,17,19). The van der Waals surface area contributed by atoms with Crippen molar-refractivity contribution in [3.8, 4) is 0 Å². The molecule has 102 valence electrons. The van der Waals surface area contributed by atoms with Crippen LogP contribution < -0.4 is 11.1 Å². The van der Waals surface area contributed by atoms with Crippen molar-refractivity contribution in [2.24, 2.45) is 5.73 Å². The summed E-state index contributed by atoms with van der Waals surface area (Å²) < 4.78 is 1.79. The molecule has 0 atom stereocenters. The molecule has 2 aromatic heterocycles. The number of nitrogens with two attached hydrogens (primary N) is 1. The molecule has 3 N–H and O–H groups in total. The Morgan fingerprint density at radius 1 is 1.10 bits per heavy atom. The highest BCUT2D eigenvalue weighted by Crippen LogP contribution is 2.09. The quantitative estimate of drug-likeness (QED) is 0.759. The van der Waals surface area contributed by atoms with Crippen LogP contribution in [0.1, 0.15) is 16.7 Å². The Labute approximate surface area is 117 Å². The number of pyridine rings is 1. The van der Waals surface area contributed by atoms with E-state index in [0.717, 1.165) is 16.8 Å². The van der Waals surface area contributed by atoms with Crippen molar-refractivity contribution in [3.05, 3.63) is 59.3 Å². The molecule has 5 nitrogen and oxygen atoms in total. The molecular weight excluding hydrogens is 250 g/mol. The van der Waals surface area contributed by atoms with Gasteiger partial charge in [-0.05, 0) is 29.7 Å². The summed E-state index contributed by atoms with van der Waals surface area (Å²) in [7, 11) is 0. The number of aryl methyl sites for hydroxylation is 1. The maximum absolute atomic E-state index is 5.58. The van der Waals surface area contributed by atoms with E-state index in [1.54, 1.807) is 4.52 Å². The molecule has 0 fully saturated rings. The fourth-order valence-corrected chi connectivity index (χ4v) is 2.04. The van der Waals surface area contributed by atoms with Crippen LogP contribution in [-0.4, -0.2) is 14.6 Å². The van der Waals surface area contributed by atoms with Crippen LogP contribution in [0.3, 0.4) is 0 Å². The van der Waals surface area contributed by atoms with E-state index in [4.69, 9.17) is 5.73 Å². The van der Waals surface area contributed by atoms with E-state index in [-0.39, 0.29) is 0 Å². The molecule has 1 aromatic carbocycles. The Balaban J connectivity index is 1.72. The lowest BCUT2D eigenvalue weighted by atomic mass is 10.1. The number of fused-ring (bicyclic) bond motifs is 1. The first kappa shape index (κ1) is 12.6. The van der Waals surface area contributed by atoms with E-state index >= 15 is 0 Å². The first-order valence-electron chi connectivity index (χ1n) is 6.59. The highest BCUT2D eigenvalue weighted by Gasteiger charge is 2.03. The molecule has 0 bridgehead atoms. The van der Waals surface area contributed by atoms with Gasteiger partial charge in [-0.25, -0.2) is 4.52 Å². The van der Waals surface area contributed by atoms with Gasteiger partial charge in [-0.2, -0.15) is 4.98 Å². The van der Waals surface area contributed by atoms with Gasteiger partial charge in [0.1, 0.15) is 0 Å². The SMILES string of the molecule is Cc1ccc2nc(NCc3ccc(CN)cc3)nn2c1. The van der Waals surface area contributed by atoms with E-state index in [0.29, 0.717) is 19.0 Å². The smallest absolute Gasteiger partial charge is 0.243 e. The monoisotopic (exact) mass is 267 g/mol. The van der Waals surface area contributed by atoms with E-state index in [1.165, 1.54) is 5.56 Å². The Bertz CT molecular complexity index is 715. The van der Waals surface area contributed by atoms with Crippen molar-refractivity contribution in [2.45, 2.75) is 20.0 Å². The Morgan fingerprint density at radius 3 is 2.60 bits per heavy atom. The van der Waals surface area contributed by atoms with Gasteiger partial charge in [0, 0.05) is 19.3 Å². The van der Waals surface area contributed by atoms with Gasteiger partial charge < -0.3 is 11.1 Å². The predicted octanol–water partition coefficient (Wildman–Crippen LogP) is 2.11. The zero-order valence-corrected chi connectivity index (χ0v) is 11.4. The molecule has 0 unspecified atom stereocenters. The van der Waals surface area contributed by atoms with E-state index in [2.05, 4.69) is 27.5 Å². The zero-order chi connectivity index (χ0) is 13.9. The number of benzene rings is 1. The lowest BCUT2D eigenvalue weighted by molar-refractivity contribution is 0.942. The molecule has 0 aliphatic rings. The van der Waals surface area contributed by atoms with Gasteiger partial charge in [0.05, 0.1) is 0 Å². The summed E-state index contributed by atoms with van der Waals surface area (Å²) in [6.07, 6.45) is 1.96. The molecule has 20 heavy (non-hydrogen) atoms. The third-order valence-electron chi connectivity index (χ3n) is 3.19. The fraction of sp³-hybridized carbons (Fsp3) is 0.200. The first-order chi connectivity index (χ1) is 9.74. The normalized spacial score (nSPS) is 10.9. The van der Waals surface area contributed by atoms with E-state index < -0.39 is 0 Å². The van der Waals surface area contributed by atoms with Crippen molar-refractivity contribution < 1.29 is 0 Å². The Kier molecular flexibility index (Phi) is 3.35. The molecule has 0 saturated carbocycles. The number of anilines is 1. The lowest BCUT2D eigenvalue weighted by Gasteiger charge is -2.03. The van der Waals surface area contributed by atoms with Crippen LogP contribution in [0.15, 0.2) is 42.6 Å². The summed E-state index contributed by atoms with van der Waals surface area (Å²) in [5.41, 5.74) is 9.90. The third kappa shape index (κ3) is 2.62. The van der Waals surface area contributed by atoms with Gasteiger partial charge in [-0.15, -0.1) is 5.10 Å². The summed E-state index contributed by atoms with van der Waals surface area (Å²) >= 11 is 0. The zero-order valence-electron chi connectivity index (χ0n) is 11.4. The molecule has 0 aliphatic carbocycles. The van der Waals surface area contributed by atoms with E-state index in [1.807, 2.05) is 37.4 Å². The number of rotatable bonds is 4. The Morgan fingerprint density at radius 2 is 1.85 bits per heavy atom. The van der Waals surface area contributed by atoms with Crippen molar-refractivity contribution >= 4 is 11.6 Å². The molecule has 0 radical (unpaired) electrons. The van der Waals surface area contributed by atoms with Gasteiger partial charge in [0.15, 0.2) is 5.65 Å². The molecule has 5 heteroatoms. The second-order valence-electron chi connectivity index (χ2n) is 4.82. The highest BCUT2D eigenvalue weighted by molar-refractivity contribution is 5.44. The van der Waals surface area contributed by atoms with Crippen LogP contribution in [0.4, 0.5) is 5.95 Å². The lowest BCUT2D eigenvalue weighted by Crippen LogP contribution is -2.02. The van der Waals surface area contributed by atoms with Crippen LogP contribution in [0.2, 0.25) is 0 Å². The minimum atomic E-state index is 0.570. The minimum absolute atomic E-state index is 0.570. The van der Waals surface area contributed by atoms with Crippen molar-refractivity contribution in [1.82, 2.24) is 14.6 Å². The van der Waals surface area contributed by atoms with Gasteiger partial charge in [0.25, 0.3) is 0 Å². The largest absolute Gasteiger partial charge is 0.349 e. The summed E-state index contributed by atoms with van der Waals surface area (Å²) in [5, 5.41) is 7.63. The van der Waals surface area contributed by atoms with Crippen molar-refractivity contribution in [2.75, 3.05) is 5.32 Å². The molecule has 0 aliphatic heterocycles. The minimum Gasteiger partial charge on any atom is -0.349 e. The molecule has 0 spiro atoms. The second-order valence-corrected chi connectivity index (χ2v) is 4.82. The topological polar surface area (TPSA) is 68.2 Å². The second kappa shape index (κ2) is 5.30. The summed E-state index contributed by atoms with van der Waals surface area (Å²) in [6, 6.07) is 12.2. The summed E-state index contributed by atoms with van der Waals surface area (Å²) in [5.74, 6) is 0.638. The van der Waals surface area contributed by atoms with Crippen LogP contribution >= 0.6 is 0 Å². The molecule has 0 amide bonds. The van der Waals surface area contributed by atoms with Crippen LogP contribution in [0, 0.1) is 6.92 Å². The number of nitrogens with one attached hydrogen (secondary N) is 1. The fourth-order valence-electron chi connectivity index (χ4n) is 2.04. The third-order valence-corrected chi connectivity index (χ3v) is 3.19. The average Bonchev–Trinajstić information content (AvgIpc) is 2.87. The summed E-state index contributed by atoms with van der Waals surface area (Å²) in [4.78, 5) is 4.42. The number of aromatic nitrogens is 3. The summed E-state index contributed by atoms with van der Waals surface area (Å²) in [6.45, 7) is 3.30. The van der Waals surface area contributed by atoms with Gasteiger partial charge in [-0.1, -0.05) is 30.3 Å². The molecule has 2 heterocycles. The van der Waals surface area contributed by atoms with Gasteiger partial charge >= 0.3 is 0 Å². The predicted molar refractivity (Wildman–Crippen MR) is 79.4 cm³/mol.